The van der Waals surface area contributed by atoms with E-state index in [1.165, 1.54) is 5.69 Å². The first-order valence-corrected chi connectivity index (χ1v) is 6.95. The highest BCUT2D eigenvalue weighted by atomic mass is 79.9. The molecule has 3 nitrogen and oxygen atoms in total. The molecule has 1 aromatic carbocycles. The van der Waals surface area contributed by atoms with Crippen molar-refractivity contribution in [2.75, 3.05) is 36.8 Å². The van der Waals surface area contributed by atoms with E-state index in [2.05, 4.69) is 45.6 Å². The number of nitrogens with zero attached hydrogens (tertiary/aromatic N) is 2. The zero-order valence-corrected chi connectivity index (χ0v) is 12.1. The molecular formula is C13H20BrN3. The maximum atomic E-state index is 5.77. The van der Waals surface area contributed by atoms with E-state index < -0.39 is 0 Å². The molecule has 1 fully saturated rings. The van der Waals surface area contributed by atoms with Gasteiger partial charge in [-0.15, -0.1) is 0 Å². The Morgan fingerprint density at radius 1 is 1.41 bits per heavy atom. The van der Waals surface area contributed by atoms with Crippen LogP contribution >= 0.6 is 15.9 Å². The van der Waals surface area contributed by atoms with Crippen LogP contribution in [0.5, 0.6) is 0 Å². The molecule has 94 valence electrons. The Morgan fingerprint density at radius 2 is 2.18 bits per heavy atom. The molecule has 2 rings (SSSR count). The molecule has 1 aliphatic rings. The van der Waals surface area contributed by atoms with Crippen molar-refractivity contribution in [3.05, 3.63) is 22.7 Å². The first kappa shape index (κ1) is 12.7. The van der Waals surface area contributed by atoms with Crippen molar-refractivity contribution in [1.82, 2.24) is 4.90 Å². The number of halogens is 1. The molecule has 0 saturated carbocycles. The fourth-order valence-electron chi connectivity index (χ4n) is 2.46. The molecule has 1 atom stereocenters. The second-order valence-corrected chi connectivity index (χ2v) is 5.49. The Bertz CT molecular complexity index is 394. The fraction of sp³-hybridized carbons (Fsp3) is 0.538. The number of anilines is 2. The van der Waals surface area contributed by atoms with Crippen molar-refractivity contribution in [3.63, 3.8) is 0 Å². The first-order chi connectivity index (χ1) is 8.11. The van der Waals surface area contributed by atoms with Crippen molar-refractivity contribution in [2.45, 2.75) is 19.9 Å². The standard InChI is InChI=1S/C13H20BrN3/c1-3-16-6-7-17(9-10(16)2)13-5-4-11(15)8-12(13)14/h4-5,8,10H,3,6-7,9,15H2,1-2H3. The van der Waals surface area contributed by atoms with Crippen LogP contribution in [-0.4, -0.2) is 37.1 Å². The zero-order chi connectivity index (χ0) is 12.4. The maximum Gasteiger partial charge on any atom is 0.0513 e. The van der Waals surface area contributed by atoms with Gasteiger partial charge < -0.3 is 10.6 Å². The summed E-state index contributed by atoms with van der Waals surface area (Å²) in [6.07, 6.45) is 0. The Labute approximate surface area is 112 Å². The molecule has 17 heavy (non-hydrogen) atoms. The molecule has 4 heteroatoms. The van der Waals surface area contributed by atoms with Gasteiger partial charge in [-0.1, -0.05) is 6.92 Å². The lowest BCUT2D eigenvalue weighted by Crippen LogP contribution is -2.51. The summed E-state index contributed by atoms with van der Waals surface area (Å²) in [5.74, 6) is 0. The molecule has 0 bridgehead atoms. The molecule has 0 aliphatic carbocycles. The number of nitrogen functional groups attached to an aromatic ring is 1. The van der Waals surface area contributed by atoms with E-state index in [4.69, 9.17) is 5.73 Å². The number of likely N-dealkylation sites (N-methyl/N-ethyl adjacent to an activating group) is 1. The summed E-state index contributed by atoms with van der Waals surface area (Å²) >= 11 is 3.60. The van der Waals surface area contributed by atoms with E-state index in [9.17, 15) is 0 Å². The van der Waals surface area contributed by atoms with Gasteiger partial charge >= 0.3 is 0 Å². The highest BCUT2D eigenvalue weighted by Gasteiger charge is 2.23. The van der Waals surface area contributed by atoms with Gasteiger partial charge in [-0.25, -0.2) is 0 Å². The number of hydrogen-bond donors (Lipinski definition) is 1. The highest BCUT2D eigenvalue weighted by molar-refractivity contribution is 9.10. The second-order valence-electron chi connectivity index (χ2n) is 4.63. The minimum atomic E-state index is 0.609. The lowest BCUT2D eigenvalue weighted by molar-refractivity contribution is 0.199. The van der Waals surface area contributed by atoms with E-state index in [1.54, 1.807) is 0 Å². The summed E-state index contributed by atoms with van der Waals surface area (Å²) < 4.78 is 1.09. The van der Waals surface area contributed by atoms with Crippen LogP contribution in [0.15, 0.2) is 22.7 Å². The SMILES string of the molecule is CCN1CCN(c2ccc(N)cc2Br)CC1C. The third-order valence-corrected chi connectivity index (χ3v) is 4.12. The smallest absolute Gasteiger partial charge is 0.0513 e. The monoisotopic (exact) mass is 297 g/mol. The second kappa shape index (κ2) is 5.27. The van der Waals surface area contributed by atoms with Gasteiger partial charge in [0.15, 0.2) is 0 Å². The van der Waals surface area contributed by atoms with Crippen LogP contribution in [0.25, 0.3) is 0 Å². The fourth-order valence-corrected chi connectivity index (χ4v) is 3.11. The van der Waals surface area contributed by atoms with Gasteiger partial charge in [-0.3, -0.25) is 4.90 Å². The third kappa shape index (κ3) is 2.75. The minimum absolute atomic E-state index is 0.609. The summed E-state index contributed by atoms with van der Waals surface area (Å²) in [4.78, 5) is 4.95. The van der Waals surface area contributed by atoms with Crippen molar-refractivity contribution in [1.29, 1.82) is 0 Å². The molecule has 1 aromatic rings. The number of benzene rings is 1. The summed E-state index contributed by atoms with van der Waals surface area (Å²) in [5.41, 5.74) is 7.83. The Kier molecular flexibility index (Phi) is 3.94. The lowest BCUT2D eigenvalue weighted by Gasteiger charge is -2.40. The van der Waals surface area contributed by atoms with Crippen LogP contribution in [0.1, 0.15) is 13.8 Å². The molecule has 0 amide bonds. The lowest BCUT2D eigenvalue weighted by atomic mass is 10.1. The quantitative estimate of drug-likeness (QED) is 0.852. The molecule has 0 radical (unpaired) electrons. The number of hydrogen-bond acceptors (Lipinski definition) is 3. The molecular weight excluding hydrogens is 278 g/mol. The molecule has 1 aliphatic heterocycles. The van der Waals surface area contributed by atoms with Crippen LogP contribution in [0.4, 0.5) is 11.4 Å². The molecule has 1 heterocycles. The number of piperazine rings is 1. The Hall–Kier alpha value is -0.740. The highest BCUT2D eigenvalue weighted by Crippen LogP contribution is 2.29. The van der Waals surface area contributed by atoms with Crippen LogP contribution in [0.3, 0.4) is 0 Å². The van der Waals surface area contributed by atoms with Crippen molar-refractivity contribution in [2.24, 2.45) is 0 Å². The zero-order valence-electron chi connectivity index (χ0n) is 10.5. The van der Waals surface area contributed by atoms with Gasteiger partial charge in [0.05, 0.1) is 5.69 Å². The van der Waals surface area contributed by atoms with Crippen molar-refractivity contribution >= 4 is 27.3 Å². The topological polar surface area (TPSA) is 32.5 Å². The van der Waals surface area contributed by atoms with Gasteiger partial charge in [0.25, 0.3) is 0 Å². The average molecular weight is 298 g/mol. The largest absolute Gasteiger partial charge is 0.399 e. The van der Waals surface area contributed by atoms with Gasteiger partial charge in [0.2, 0.25) is 0 Å². The van der Waals surface area contributed by atoms with E-state index in [0.29, 0.717) is 6.04 Å². The molecule has 0 spiro atoms. The Morgan fingerprint density at radius 3 is 2.76 bits per heavy atom. The number of rotatable bonds is 2. The van der Waals surface area contributed by atoms with Gasteiger partial charge in [0.1, 0.15) is 0 Å². The predicted octanol–water partition coefficient (Wildman–Crippen LogP) is 2.56. The average Bonchev–Trinajstić information content (AvgIpc) is 2.29. The van der Waals surface area contributed by atoms with E-state index in [1.807, 2.05) is 12.1 Å². The molecule has 2 N–H and O–H groups in total. The summed E-state index contributed by atoms with van der Waals surface area (Å²) in [6, 6.07) is 6.66. The van der Waals surface area contributed by atoms with Crippen molar-refractivity contribution in [3.8, 4) is 0 Å². The van der Waals surface area contributed by atoms with Gasteiger partial charge in [-0.2, -0.15) is 0 Å². The third-order valence-electron chi connectivity index (χ3n) is 3.48. The normalized spacial score (nSPS) is 21.8. The first-order valence-electron chi connectivity index (χ1n) is 6.16. The molecule has 0 aromatic heterocycles. The van der Waals surface area contributed by atoms with E-state index >= 15 is 0 Å². The molecule has 1 unspecified atom stereocenters. The van der Waals surface area contributed by atoms with Crippen LogP contribution in [-0.2, 0) is 0 Å². The van der Waals surface area contributed by atoms with Crippen molar-refractivity contribution < 1.29 is 0 Å². The minimum Gasteiger partial charge on any atom is -0.399 e. The Balaban J connectivity index is 2.14. The van der Waals surface area contributed by atoms with Crippen LogP contribution < -0.4 is 10.6 Å². The summed E-state index contributed by atoms with van der Waals surface area (Å²) in [5, 5.41) is 0. The van der Waals surface area contributed by atoms with Crippen LogP contribution in [0.2, 0.25) is 0 Å². The van der Waals surface area contributed by atoms with Gasteiger partial charge in [-0.05, 0) is 47.6 Å². The molecule has 1 saturated heterocycles. The maximum absolute atomic E-state index is 5.77. The summed E-state index contributed by atoms with van der Waals surface area (Å²) in [7, 11) is 0. The van der Waals surface area contributed by atoms with E-state index in [-0.39, 0.29) is 0 Å². The summed E-state index contributed by atoms with van der Waals surface area (Å²) in [6.45, 7) is 8.95. The number of nitrogens with two attached hydrogens (primary N) is 1. The predicted molar refractivity (Wildman–Crippen MR) is 77.5 cm³/mol. The van der Waals surface area contributed by atoms with Gasteiger partial charge in [0, 0.05) is 35.8 Å². The van der Waals surface area contributed by atoms with Crippen LogP contribution in [0, 0.1) is 0 Å². The van der Waals surface area contributed by atoms with E-state index in [0.717, 1.165) is 36.3 Å².